The number of aromatic amines is 1. The fourth-order valence-electron chi connectivity index (χ4n) is 4.53. The van der Waals surface area contributed by atoms with Crippen molar-refractivity contribution in [3.05, 3.63) is 105 Å². The van der Waals surface area contributed by atoms with Crippen LogP contribution in [0.15, 0.2) is 70.5 Å². The SMILES string of the molecule is CC(C)(C#Cc1c(Oc2ccc(NC(=O)c3c[nH]c(=O)n(-c4ccc(F)cc4)c3=O)cc2F)ccnc1N)N1CCOCC1. The van der Waals surface area contributed by atoms with Crippen LogP contribution in [-0.2, 0) is 4.74 Å². The van der Waals surface area contributed by atoms with Crippen LogP contribution in [0.2, 0.25) is 0 Å². The monoisotopic (exact) mass is 602 g/mol. The van der Waals surface area contributed by atoms with Crippen LogP contribution in [-0.4, -0.2) is 57.2 Å². The highest BCUT2D eigenvalue weighted by atomic mass is 19.1. The molecule has 0 unspecified atom stereocenters. The number of hydrogen-bond acceptors (Lipinski definition) is 8. The van der Waals surface area contributed by atoms with Crippen molar-refractivity contribution in [2.24, 2.45) is 0 Å². The number of morpholine rings is 1. The standard InChI is InChI=1S/C31H28F2N6O5/c1-31(2,38-13-15-43-16-14-38)11-9-22-25(10-12-35-27(22)34)44-26-8-5-20(17-24(26)33)37-28(40)23-18-36-30(42)39(29(23)41)21-6-3-19(32)4-7-21/h3-8,10,12,17-18H,13-16H2,1-2H3,(H2,34,35)(H,36,42)(H,37,40). The van der Waals surface area contributed by atoms with Crippen LogP contribution >= 0.6 is 0 Å². The number of rotatable bonds is 6. The highest BCUT2D eigenvalue weighted by molar-refractivity contribution is 6.03. The fraction of sp³-hybridized carbons (Fsp3) is 0.226. The number of amides is 1. The van der Waals surface area contributed by atoms with E-state index in [1.807, 2.05) is 13.8 Å². The summed E-state index contributed by atoms with van der Waals surface area (Å²) in [6, 6.07) is 9.78. The summed E-state index contributed by atoms with van der Waals surface area (Å²) in [6.07, 6.45) is 2.36. The molecule has 1 amide bonds. The van der Waals surface area contributed by atoms with Crippen molar-refractivity contribution in [2.45, 2.75) is 19.4 Å². The van der Waals surface area contributed by atoms with E-state index in [1.165, 1.54) is 36.5 Å². The van der Waals surface area contributed by atoms with E-state index in [4.69, 9.17) is 15.2 Å². The quantitative estimate of drug-likeness (QED) is 0.285. The predicted octanol–water partition coefficient (Wildman–Crippen LogP) is 3.29. The third-order valence-corrected chi connectivity index (χ3v) is 6.95. The Morgan fingerprint density at radius 3 is 2.52 bits per heavy atom. The van der Waals surface area contributed by atoms with Crippen LogP contribution < -0.4 is 27.0 Å². The first kappa shape index (κ1) is 30.1. The second-order valence-corrected chi connectivity index (χ2v) is 10.3. The molecule has 2 aromatic carbocycles. The number of aromatic nitrogens is 3. The van der Waals surface area contributed by atoms with E-state index in [0.29, 0.717) is 23.3 Å². The van der Waals surface area contributed by atoms with E-state index in [9.17, 15) is 18.8 Å². The molecular weight excluding hydrogens is 574 g/mol. The number of carbonyl (C=O) groups is 1. The molecule has 0 bridgehead atoms. The van der Waals surface area contributed by atoms with Gasteiger partial charge in [-0.3, -0.25) is 14.5 Å². The minimum absolute atomic E-state index is 0.0142. The van der Waals surface area contributed by atoms with Gasteiger partial charge in [-0.1, -0.05) is 11.8 Å². The molecule has 1 saturated heterocycles. The summed E-state index contributed by atoms with van der Waals surface area (Å²) in [7, 11) is 0. The highest BCUT2D eigenvalue weighted by Gasteiger charge is 2.26. The number of nitrogens with two attached hydrogens (primary N) is 1. The van der Waals surface area contributed by atoms with E-state index in [1.54, 1.807) is 0 Å². The van der Waals surface area contributed by atoms with Gasteiger partial charge < -0.3 is 25.5 Å². The smallest absolute Gasteiger partial charge is 0.333 e. The highest BCUT2D eigenvalue weighted by Crippen LogP contribution is 2.31. The number of H-pyrrole nitrogens is 1. The van der Waals surface area contributed by atoms with E-state index in [0.717, 1.165) is 37.5 Å². The average molecular weight is 603 g/mol. The lowest BCUT2D eigenvalue weighted by Crippen LogP contribution is -2.49. The Morgan fingerprint density at radius 1 is 1.09 bits per heavy atom. The van der Waals surface area contributed by atoms with Crippen molar-refractivity contribution >= 4 is 17.4 Å². The van der Waals surface area contributed by atoms with Crippen LogP contribution in [0.25, 0.3) is 5.69 Å². The third-order valence-electron chi connectivity index (χ3n) is 6.95. The minimum Gasteiger partial charge on any atom is -0.453 e. The maximum Gasteiger partial charge on any atom is 0.333 e. The van der Waals surface area contributed by atoms with Gasteiger partial charge in [0.2, 0.25) is 0 Å². The van der Waals surface area contributed by atoms with Crippen molar-refractivity contribution in [3.63, 3.8) is 0 Å². The second kappa shape index (κ2) is 12.5. The van der Waals surface area contributed by atoms with Crippen LogP contribution in [0.5, 0.6) is 11.5 Å². The Hall–Kier alpha value is -5.32. The van der Waals surface area contributed by atoms with E-state index in [-0.39, 0.29) is 28.7 Å². The Balaban J connectivity index is 1.35. The molecule has 4 N–H and O–H groups in total. The lowest BCUT2D eigenvalue weighted by atomic mass is 10.0. The average Bonchev–Trinajstić information content (AvgIpc) is 2.99. The van der Waals surface area contributed by atoms with Gasteiger partial charge in [0.05, 0.1) is 24.4 Å². The topological polar surface area (TPSA) is 145 Å². The largest absolute Gasteiger partial charge is 0.453 e. The molecule has 226 valence electrons. The molecule has 2 aromatic heterocycles. The Bertz CT molecular complexity index is 1890. The van der Waals surface area contributed by atoms with Gasteiger partial charge in [0, 0.05) is 43.3 Å². The molecule has 0 aliphatic carbocycles. The number of carbonyl (C=O) groups excluding carboxylic acids is 1. The van der Waals surface area contributed by atoms with E-state index in [2.05, 4.69) is 32.0 Å². The molecule has 11 nitrogen and oxygen atoms in total. The van der Waals surface area contributed by atoms with E-state index < -0.39 is 39.9 Å². The summed E-state index contributed by atoms with van der Waals surface area (Å²) in [5, 5.41) is 2.43. The number of pyridine rings is 1. The third kappa shape index (κ3) is 6.51. The van der Waals surface area contributed by atoms with Crippen molar-refractivity contribution in [3.8, 4) is 29.0 Å². The van der Waals surface area contributed by atoms with Gasteiger partial charge in [0.15, 0.2) is 11.6 Å². The lowest BCUT2D eigenvalue weighted by molar-refractivity contribution is 0.00739. The Morgan fingerprint density at radius 2 is 1.82 bits per heavy atom. The van der Waals surface area contributed by atoms with Crippen LogP contribution in [0, 0.1) is 23.5 Å². The molecule has 1 aliphatic heterocycles. The number of benzene rings is 2. The van der Waals surface area contributed by atoms with Gasteiger partial charge in [-0.05, 0) is 50.2 Å². The Kier molecular flexibility index (Phi) is 8.57. The summed E-state index contributed by atoms with van der Waals surface area (Å²) in [6.45, 7) is 6.65. The molecule has 5 rings (SSSR count). The number of ether oxygens (including phenoxy) is 2. The van der Waals surface area contributed by atoms with Gasteiger partial charge >= 0.3 is 5.69 Å². The number of anilines is 2. The molecular formula is C31H28F2N6O5. The summed E-state index contributed by atoms with van der Waals surface area (Å²) in [5.74, 6) is 4.09. The molecule has 0 saturated carbocycles. The van der Waals surface area contributed by atoms with Gasteiger partial charge in [0.25, 0.3) is 11.5 Å². The minimum atomic E-state index is -0.945. The predicted molar refractivity (Wildman–Crippen MR) is 159 cm³/mol. The molecule has 1 aliphatic rings. The van der Waals surface area contributed by atoms with Crippen LogP contribution in [0.4, 0.5) is 20.3 Å². The van der Waals surface area contributed by atoms with Gasteiger partial charge in [0.1, 0.15) is 28.5 Å². The molecule has 0 spiro atoms. The summed E-state index contributed by atoms with van der Waals surface area (Å²) >= 11 is 0. The summed E-state index contributed by atoms with van der Waals surface area (Å²) < 4.78 is 40.4. The molecule has 44 heavy (non-hydrogen) atoms. The molecule has 4 aromatic rings. The van der Waals surface area contributed by atoms with Crippen molar-refractivity contribution in [1.29, 1.82) is 0 Å². The van der Waals surface area contributed by atoms with Crippen LogP contribution in [0.3, 0.4) is 0 Å². The first-order valence-electron chi connectivity index (χ1n) is 13.5. The zero-order chi connectivity index (χ0) is 31.4. The zero-order valence-electron chi connectivity index (χ0n) is 23.8. The van der Waals surface area contributed by atoms with Gasteiger partial charge in [-0.25, -0.2) is 23.1 Å². The molecule has 0 radical (unpaired) electrons. The zero-order valence-corrected chi connectivity index (χ0v) is 23.8. The number of nitrogens with one attached hydrogen (secondary N) is 2. The van der Waals surface area contributed by atoms with Gasteiger partial charge in [-0.2, -0.15) is 0 Å². The molecule has 13 heteroatoms. The van der Waals surface area contributed by atoms with Crippen molar-refractivity contribution in [1.82, 2.24) is 19.4 Å². The molecule has 1 fully saturated rings. The van der Waals surface area contributed by atoms with Crippen LogP contribution in [0.1, 0.15) is 29.8 Å². The first-order chi connectivity index (χ1) is 21.0. The number of nitrogens with zero attached hydrogens (tertiary/aromatic N) is 3. The molecule has 0 atom stereocenters. The number of halogens is 2. The van der Waals surface area contributed by atoms with Crippen molar-refractivity contribution < 1.29 is 23.0 Å². The first-order valence-corrected chi connectivity index (χ1v) is 13.5. The maximum atomic E-state index is 15.2. The van der Waals surface area contributed by atoms with Gasteiger partial charge in [-0.15, -0.1) is 0 Å². The number of hydrogen-bond donors (Lipinski definition) is 3. The number of nitrogen functional groups attached to an aromatic ring is 1. The van der Waals surface area contributed by atoms with E-state index >= 15 is 4.39 Å². The summed E-state index contributed by atoms with van der Waals surface area (Å²) in [4.78, 5) is 46.7. The Labute approximate surface area is 250 Å². The lowest BCUT2D eigenvalue weighted by Gasteiger charge is -2.37. The maximum absolute atomic E-state index is 15.2. The molecule has 3 heterocycles. The normalized spacial score (nSPS) is 13.5. The van der Waals surface area contributed by atoms with Crippen molar-refractivity contribution in [2.75, 3.05) is 37.4 Å². The fourth-order valence-corrected chi connectivity index (χ4v) is 4.53. The second-order valence-electron chi connectivity index (χ2n) is 10.3. The summed E-state index contributed by atoms with van der Waals surface area (Å²) in [5.41, 5.74) is 3.77.